The summed E-state index contributed by atoms with van der Waals surface area (Å²) < 4.78 is 62.6. The Balaban J connectivity index is 1.46. The van der Waals surface area contributed by atoms with Crippen LogP contribution in [0.3, 0.4) is 0 Å². The van der Waals surface area contributed by atoms with Crippen molar-refractivity contribution in [2.75, 3.05) is 0 Å². The Morgan fingerprint density at radius 2 is 1.04 bits per heavy atom. The molecular formula is C38H28F2O4S3. The Labute approximate surface area is 278 Å². The van der Waals surface area contributed by atoms with Crippen molar-refractivity contribution in [2.45, 2.75) is 36.3 Å². The van der Waals surface area contributed by atoms with E-state index in [-0.39, 0.29) is 10.7 Å². The quantitative estimate of drug-likeness (QED) is 0.135. The first-order valence-electron chi connectivity index (χ1n) is 14.5. The smallest absolute Gasteiger partial charge is 0.289 e. The third kappa shape index (κ3) is 6.94. The Morgan fingerprint density at radius 3 is 1.60 bits per heavy atom. The van der Waals surface area contributed by atoms with E-state index in [0.29, 0.717) is 25.8 Å². The van der Waals surface area contributed by atoms with Crippen molar-refractivity contribution in [1.29, 1.82) is 0 Å². The van der Waals surface area contributed by atoms with Gasteiger partial charge in [0, 0.05) is 35.6 Å². The van der Waals surface area contributed by atoms with Crippen LogP contribution in [0.5, 0.6) is 0 Å². The topological polar surface area (TPSA) is 60.4 Å². The molecule has 0 radical (unpaired) electrons. The normalized spacial score (nSPS) is 12.1. The summed E-state index contributed by atoms with van der Waals surface area (Å²) in [5.41, 5.74) is 2.01. The zero-order chi connectivity index (χ0) is 33.0. The van der Waals surface area contributed by atoms with Gasteiger partial charge in [-0.15, -0.1) is 0 Å². The minimum absolute atomic E-state index is 0.0453. The average Bonchev–Trinajstić information content (AvgIpc) is 3.09. The lowest BCUT2D eigenvalue weighted by Gasteiger charge is -2.39. The molecular weight excluding hydrogens is 655 g/mol. The number of rotatable bonds is 10. The van der Waals surface area contributed by atoms with Gasteiger partial charge in [0.15, 0.2) is 5.78 Å². The molecule has 0 N–H and O–H groups in total. The number of carbonyl (C=O) groups is 1. The van der Waals surface area contributed by atoms with Crippen molar-refractivity contribution < 1.29 is 25.6 Å². The molecule has 0 saturated carbocycles. The molecule has 9 heteroatoms. The number of hydrogen-bond acceptors (Lipinski definition) is 5. The van der Waals surface area contributed by atoms with Gasteiger partial charge in [-0.25, -0.2) is 12.4 Å². The van der Waals surface area contributed by atoms with Gasteiger partial charge in [-0.3, -0.25) is 4.79 Å². The van der Waals surface area contributed by atoms with Gasteiger partial charge in [-0.05, 0) is 114 Å². The lowest BCUT2D eigenvalue weighted by Crippen LogP contribution is -2.14. The van der Waals surface area contributed by atoms with Crippen LogP contribution < -0.4 is 0 Å². The highest BCUT2D eigenvalue weighted by Gasteiger charge is 2.38. The first-order valence-corrected chi connectivity index (χ1v) is 18.3. The van der Waals surface area contributed by atoms with Crippen LogP contribution in [-0.4, -0.2) is 14.2 Å². The maximum absolute atomic E-state index is 14.2. The maximum atomic E-state index is 14.2. The summed E-state index contributed by atoms with van der Waals surface area (Å²) in [6.07, 6.45) is 0. The molecule has 0 spiro atoms. The molecule has 6 aromatic rings. The van der Waals surface area contributed by atoms with E-state index in [0.717, 1.165) is 15.4 Å². The Bertz CT molecular complexity index is 2070. The number of benzene rings is 6. The zero-order valence-corrected chi connectivity index (χ0v) is 27.5. The van der Waals surface area contributed by atoms with Gasteiger partial charge < -0.3 is 0 Å². The first-order chi connectivity index (χ1) is 22.7. The highest BCUT2D eigenvalue weighted by atomic mass is 32.3. The number of aryl methyl sites for hydroxylation is 1. The maximum Gasteiger partial charge on any atom is 0.307 e. The molecule has 0 aliphatic rings. The molecule has 0 bridgehead atoms. The minimum atomic E-state index is -4.39. The summed E-state index contributed by atoms with van der Waals surface area (Å²) in [5.74, 6) is -1.10. The Morgan fingerprint density at radius 1 is 0.574 bits per heavy atom. The third-order valence-electron chi connectivity index (χ3n) is 7.34. The predicted molar refractivity (Wildman–Crippen MR) is 182 cm³/mol. The van der Waals surface area contributed by atoms with Crippen LogP contribution in [-0.2, 0) is 13.7 Å². The largest absolute Gasteiger partial charge is 0.307 e. The van der Waals surface area contributed by atoms with E-state index < -0.39 is 32.1 Å². The van der Waals surface area contributed by atoms with E-state index in [1.807, 2.05) is 55.5 Å². The van der Waals surface area contributed by atoms with Gasteiger partial charge in [0.2, 0.25) is 0 Å². The monoisotopic (exact) mass is 682 g/mol. The number of hydrogen-bond donors (Lipinski definition) is 0. The number of carbonyl (C=O) groups excluding carboxylic acids is 1. The molecule has 0 atom stereocenters. The minimum Gasteiger partial charge on any atom is -0.289 e. The second-order valence-electron chi connectivity index (χ2n) is 10.6. The molecule has 0 unspecified atom stereocenters. The summed E-state index contributed by atoms with van der Waals surface area (Å²) in [7, 11) is -7.51. The van der Waals surface area contributed by atoms with E-state index in [4.69, 9.17) is 3.63 Å². The summed E-state index contributed by atoms with van der Waals surface area (Å²) in [6, 6.07) is 40.8. The predicted octanol–water partition coefficient (Wildman–Crippen LogP) is 10.3. The summed E-state index contributed by atoms with van der Waals surface area (Å²) in [5, 5.41) is 0. The van der Waals surface area contributed by atoms with Crippen molar-refractivity contribution in [3.05, 3.63) is 180 Å². The molecule has 236 valence electrons. The van der Waals surface area contributed by atoms with E-state index in [2.05, 4.69) is 0 Å². The van der Waals surface area contributed by atoms with E-state index in [9.17, 15) is 22.0 Å². The number of ketones is 1. The highest BCUT2D eigenvalue weighted by molar-refractivity contribution is 8.33. The summed E-state index contributed by atoms with van der Waals surface area (Å²) >= 11 is 1.39. The first kappa shape index (κ1) is 32.4. The van der Waals surface area contributed by atoms with E-state index in [1.165, 1.54) is 72.4 Å². The van der Waals surface area contributed by atoms with Crippen molar-refractivity contribution in [3.63, 3.8) is 0 Å². The van der Waals surface area contributed by atoms with Gasteiger partial charge in [-0.2, -0.15) is 8.42 Å². The molecule has 0 fully saturated rings. The lowest BCUT2D eigenvalue weighted by atomic mass is 10.0. The third-order valence-corrected chi connectivity index (χ3v) is 13.6. The molecule has 0 aliphatic heterocycles. The average molecular weight is 683 g/mol. The fourth-order valence-corrected chi connectivity index (χ4v) is 11.1. The van der Waals surface area contributed by atoms with Crippen molar-refractivity contribution in [1.82, 2.24) is 0 Å². The van der Waals surface area contributed by atoms with E-state index in [1.54, 1.807) is 42.5 Å². The fourth-order valence-electron chi connectivity index (χ4n) is 4.97. The molecule has 0 aliphatic carbocycles. The molecule has 6 aromatic carbocycles. The molecule has 6 rings (SSSR count). The number of halogens is 2. The van der Waals surface area contributed by atoms with Gasteiger partial charge in [0.1, 0.15) is 11.6 Å². The molecule has 0 amide bonds. The standard InChI is InChI=1S/C38H28F2O4S3/c1-27-11-19-35(20-12-27)47(42,43)44-46(32-21-13-29(39)14-22-32,33-23-15-30(40)16-24-33)34-25-17-31(18-26-34)45-37-10-6-5-9-36(37)38(41)28-7-3-2-4-8-28/h2-26H,1H3. The second kappa shape index (κ2) is 13.7. The summed E-state index contributed by atoms with van der Waals surface area (Å²) in [4.78, 5) is 16.1. The lowest BCUT2D eigenvalue weighted by molar-refractivity contribution is 0.103. The van der Waals surface area contributed by atoms with Gasteiger partial charge in [-0.1, -0.05) is 71.9 Å². The van der Waals surface area contributed by atoms with Crippen LogP contribution in [0.2, 0.25) is 0 Å². The molecule has 0 aromatic heterocycles. The van der Waals surface area contributed by atoms with Crippen molar-refractivity contribution in [3.8, 4) is 0 Å². The molecule has 0 saturated heterocycles. The van der Waals surface area contributed by atoms with Crippen LogP contribution in [0.4, 0.5) is 8.78 Å². The second-order valence-corrected chi connectivity index (χ2v) is 16.1. The van der Waals surface area contributed by atoms with Crippen LogP contribution >= 0.6 is 22.1 Å². The Kier molecular flexibility index (Phi) is 9.42. The van der Waals surface area contributed by atoms with Crippen LogP contribution in [0.15, 0.2) is 181 Å². The SMILES string of the molecule is Cc1ccc(S(=O)(=O)OS(c2ccc(F)cc2)(c2ccc(F)cc2)c2ccc(Sc3ccccc3C(=O)c3ccccc3)cc2)cc1. The molecule has 4 nitrogen and oxygen atoms in total. The van der Waals surface area contributed by atoms with Crippen LogP contribution in [0, 0.1) is 18.6 Å². The molecule has 47 heavy (non-hydrogen) atoms. The fraction of sp³-hybridized carbons (Fsp3) is 0.0263. The molecule has 0 heterocycles. The van der Waals surface area contributed by atoms with Crippen LogP contribution in [0.25, 0.3) is 0 Å². The van der Waals surface area contributed by atoms with E-state index >= 15 is 0 Å². The van der Waals surface area contributed by atoms with Crippen molar-refractivity contribution in [2.24, 2.45) is 0 Å². The van der Waals surface area contributed by atoms with Gasteiger partial charge in [0.05, 0.1) is 4.90 Å². The van der Waals surface area contributed by atoms with Gasteiger partial charge >= 0.3 is 10.1 Å². The zero-order valence-electron chi connectivity index (χ0n) is 25.0. The van der Waals surface area contributed by atoms with Crippen LogP contribution in [0.1, 0.15) is 21.5 Å². The Hall–Kier alpha value is -4.54. The summed E-state index contributed by atoms with van der Waals surface area (Å²) in [6.45, 7) is 1.85. The van der Waals surface area contributed by atoms with Gasteiger partial charge in [0.25, 0.3) is 0 Å². The van der Waals surface area contributed by atoms with Crippen molar-refractivity contribution >= 4 is 38.0 Å². The highest BCUT2D eigenvalue weighted by Crippen LogP contribution is 2.70.